The van der Waals surface area contributed by atoms with E-state index < -0.39 is 11.7 Å². The molecule has 4 nitrogen and oxygen atoms in total. The first kappa shape index (κ1) is 10.2. The fourth-order valence-corrected chi connectivity index (χ4v) is 1.31. The number of carboxylic acids is 1. The number of Topliss-reactive ketones (excluding diaryl/α,β-unsaturated/α-hetero) is 1. The summed E-state index contributed by atoms with van der Waals surface area (Å²) in [5.74, 6) is -2.04. The number of hydrogen-bond donors (Lipinski definition) is 2. The summed E-state index contributed by atoms with van der Waals surface area (Å²) in [6, 6.07) is 2.78. The van der Waals surface area contributed by atoms with E-state index in [1.807, 2.05) is 0 Å². The van der Waals surface area contributed by atoms with Crippen LogP contribution in [-0.2, 0) is 0 Å². The van der Waals surface area contributed by atoms with Crippen molar-refractivity contribution in [3.8, 4) is 5.75 Å². The molecule has 14 heavy (non-hydrogen) atoms. The van der Waals surface area contributed by atoms with Gasteiger partial charge in [-0.25, -0.2) is 4.79 Å². The second kappa shape index (κ2) is 3.49. The van der Waals surface area contributed by atoms with E-state index in [-0.39, 0.29) is 16.9 Å². The summed E-state index contributed by atoms with van der Waals surface area (Å²) >= 11 is 0. The molecule has 2 N–H and O–H groups in total. The van der Waals surface area contributed by atoms with E-state index in [1.165, 1.54) is 19.1 Å². The number of carboxylic acid groups (broad SMARTS) is 1. The molecule has 4 heteroatoms. The highest BCUT2D eigenvalue weighted by Gasteiger charge is 2.17. The van der Waals surface area contributed by atoms with Crippen LogP contribution in [0.2, 0.25) is 0 Å². The van der Waals surface area contributed by atoms with E-state index in [0.29, 0.717) is 5.56 Å². The summed E-state index contributed by atoms with van der Waals surface area (Å²) in [6.07, 6.45) is 0. The van der Waals surface area contributed by atoms with Gasteiger partial charge in [-0.15, -0.1) is 0 Å². The quantitative estimate of drug-likeness (QED) is 0.701. The third kappa shape index (κ3) is 1.59. The third-order valence-electron chi connectivity index (χ3n) is 1.97. The van der Waals surface area contributed by atoms with Crippen molar-refractivity contribution in [1.82, 2.24) is 0 Å². The van der Waals surface area contributed by atoms with Gasteiger partial charge in [0.25, 0.3) is 0 Å². The van der Waals surface area contributed by atoms with Crippen molar-refractivity contribution in [2.75, 3.05) is 0 Å². The minimum Gasteiger partial charge on any atom is -0.506 e. The summed E-state index contributed by atoms with van der Waals surface area (Å²) < 4.78 is 0. The maximum absolute atomic E-state index is 11.1. The molecule has 1 rings (SSSR count). The molecule has 0 spiro atoms. The van der Waals surface area contributed by atoms with Gasteiger partial charge in [0.2, 0.25) is 0 Å². The number of hydrogen-bond acceptors (Lipinski definition) is 3. The van der Waals surface area contributed by atoms with Crippen LogP contribution in [0.15, 0.2) is 12.1 Å². The molecule has 0 amide bonds. The molecule has 1 aromatic carbocycles. The van der Waals surface area contributed by atoms with E-state index in [4.69, 9.17) is 5.11 Å². The number of aromatic carboxylic acids is 1. The van der Waals surface area contributed by atoms with Crippen LogP contribution in [0, 0.1) is 6.92 Å². The summed E-state index contributed by atoms with van der Waals surface area (Å²) in [5.41, 5.74) is 0.394. The molecule has 0 saturated heterocycles. The number of carbonyl (C=O) groups is 2. The predicted molar refractivity (Wildman–Crippen MR) is 49.8 cm³/mol. The SMILES string of the molecule is CC(=O)c1c(C)ccc(C(=O)O)c1O. The monoisotopic (exact) mass is 194 g/mol. The Morgan fingerprint density at radius 1 is 1.29 bits per heavy atom. The van der Waals surface area contributed by atoms with Crippen LogP contribution in [0.4, 0.5) is 0 Å². The van der Waals surface area contributed by atoms with Crippen molar-refractivity contribution in [3.63, 3.8) is 0 Å². The van der Waals surface area contributed by atoms with Crippen LogP contribution >= 0.6 is 0 Å². The maximum Gasteiger partial charge on any atom is 0.339 e. The van der Waals surface area contributed by atoms with Gasteiger partial charge in [0.1, 0.15) is 11.3 Å². The molecule has 0 aromatic heterocycles. The Morgan fingerprint density at radius 3 is 2.29 bits per heavy atom. The number of rotatable bonds is 2. The lowest BCUT2D eigenvalue weighted by Crippen LogP contribution is -2.03. The Balaban J connectivity index is 3.49. The standard InChI is InChI=1S/C10H10O4/c1-5-3-4-7(10(13)14)9(12)8(5)6(2)11/h3-4,12H,1-2H3,(H,13,14). The first-order valence-electron chi connectivity index (χ1n) is 4.02. The molecule has 1 aromatic rings. The van der Waals surface area contributed by atoms with Crippen molar-refractivity contribution < 1.29 is 19.8 Å². The molecule has 0 bridgehead atoms. The lowest BCUT2D eigenvalue weighted by molar-refractivity contribution is 0.0693. The molecular weight excluding hydrogens is 184 g/mol. The molecular formula is C10H10O4. The molecule has 0 heterocycles. The van der Waals surface area contributed by atoms with Crippen molar-refractivity contribution in [3.05, 3.63) is 28.8 Å². The van der Waals surface area contributed by atoms with Crippen molar-refractivity contribution in [2.24, 2.45) is 0 Å². The first-order valence-corrected chi connectivity index (χ1v) is 4.02. The van der Waals surface area contributed by atoms with Gasteiger partial charge in [0.15, 0.2) is 5.78 Å². The second-order valence-electron chi connectivity index (χ2n) is 3.01. The zero-order chi connectivity index (χ0) is 10.9. The van der Waals surface area contributed by atoms with Gasteiger partial charge in [0, 0.05) is 0 Å². The third-order valence-corrected chi connectivity index (χ3v) is 1.97. The summed E-state index contributed by atoms with van der Waals surface area (Å²) in [4.78, 5) is 21.7. The molecule has 0 aliphatic carbocycles. The fraction of sp³-hybridized carbons (Fsp3) is 0.200. The molecule has 0 radical (unpaired) electrons. The normalized spacial score (nSPS) is 9.86. The lowest BCUT2D eigenvalue weighted by Gasteiger charge is -2.07. The Hall–Kier alpha value is -1.84. The number of carbonyl (C=O) groups excluding carboxylic acids is 1. The van der Waals surface area contributed by atoms with Crippen LogP contribution in [0.3, 0.4) is 0 Å². The zero-order valence-corrected chi connectivity index (χ0v) is 7.87. The van der Waals surface area contributed by atoms with E-state index in [1.54, 1.807) is 6.92 Å². The Labute approximate surface area is 80.8 Å². The van der Waals surface area contributed by atoms with Gasteiger partial charge < -0.3 is 10.2 Å². The first-order chi connectivity index (χ1) is 6.45. The van der Waals surface area contributed by atoms with Crippen LogP contribution in [-0.4, -0.2) is 22.0 Å². The Kier molecular flexibility index (Phi) is 2.56. The molecule has 0 unspecified atom stereocenters. The van der Waals surface area contributed by atoms with Crippen molar-refractivity contribution >= 4 is 11.8 Å². The highest BCUT2D eigenvalue weighted by atomic mass is 16.4. The lowest BCUT2D eigenvalue weighted by atomic mass is 10.0. The van der Waals surface area contributed by atoms with Gasteiger partial charge in [0.05, 0.1) is 5.56 Å². The number of aromatic hydroxyl groups is 1. The van der Waals surface area contributed by atoms with E-state index in [0.717, 1.165) is 0 Å². The van der Waals surface area contributed by atoms with E-state index in [9.17, 15) is 14.7 Å². The van der Waals surface area contributed by atoms with Gasteiger partial charge in [-0.1, -0.05) is 6.07 Å². The molecule has 0 fully saturated rings. The van der Waals surface area contributed by atoms with E-state index >= 15 is 0 Å². The average Bonchev–Trinajstić information content (AvgIpc) is 2.02. The largest absolute Gasteiger partial charge is 0.506 e. The molecule has 74 valence electrons. The van der Waals surface area contributed by atoms with E-state index in [2.05, 4.69) is 0 Å². The van der Waals surface area contributed by atoms with Crippen LogP contribution in [0.1, 0.15) is 33.2 Å². The molecule has 0 saturated carbocycles. The van der Waals surface area contributed by atoms with Gasteiger partial charge >= 0.3 is 5.97 Å². The number of ketones is 1. The van der Waals surface area contributed by atoms with Gasteiger partial charge in [-0.05, 0) is 25.5 Å². The minimum absolute atomic E-state index is 0.0740. The molecule has 0 aliphatic rings. The Morgan fingerprint density at radius 2 is 1.86 bits per heavy atom. The number of phenols is 1. The number of aryl methyl sites for hydroxylation is 1. The number of benzene rings is 1. The Bertz CT molecular complexity index is 407. The van der Waals surface area contributed by atoms with Crippen LogP contribution < -0.4 is 0 Å². The topological polar surface area (TPSA) is 74.6 Å². The fourth-order valence-electron chi connectivity index (χ4n) is 1.31. The average molecular weight is 194 g/mol. The summed E-state index contributed by atoms with van der Waals surface area (Å²) in [7, 11) is 0. The zero-order valence-electron chi connectivity index (χ0n) is 7.87. The second-order valence-corrected chi connectivity index (χ2v) is 3.01. The van der Waals surface area contributed by atoms with Crippen molar-refractivity contribution in [1.29, 1.82) is 0 Å². The maximum atomic E-state index is 11.1. The summed E-state index contributed by atoms with van der Waals surface area (Å²) in [5, 5.41) is 18.2. The smallest absolute Gasteiger partial charge is 0.339 e. The molecule has 0 aliphatic heterocycles. The van der Waals surface area contributed by atoms with Crippen LogP contribution in [0.25, 0.3) is 0 Å². The van der Waals surface area contributed by atoms with Crippen molar-refractivity contribution in [2.45, 2.75) is 13.8 Å². The minimum atomic E-state index is -1.25. The highest BCUT2D eigenvalue weighted by Crippen LogP contribution is 2.26. The highest BCUT2D eigenvalue weighted by molar-refractivity contribution is 6.02. The van der Waals surface area contributed by atoms with Gasteiger partial charge in [-0.2, -0.15) is 0 Å². The van der Waals surface area contributed by atoms with Gasteiger partial charge in [-0.3, -0.25) is 4.79 Å². The summed E-state index contributed by atoms with van der Waals surface area (Å²) in [6.45, 7) is 2.93. The predicted octanol–water partition coefficient (Wildman–Crippen LogP) is 1.60. The molecule has 0 atom stereocenters. The van der Waals surface area contributed by atoms with Crippen LogP contribution in [0.5, 0.6) is 5.75 Å².